The maximum Gasteiger partial charge on any atom is 0.227 e. The van der Waals surface area contributed by atoms with Gasteiger partial charge < -0.3 is 24.6 Å². The van der Waals surface area contributed by atoms with Crippen molar-refractivity contribution >= 4 is 39.3 Å². The van der Waals surface area contributed by atoms with Crippen molar-refractivity contribution in [2.45, 2.75) is 26.2 Å². The van der Waals surface area contributed by atoms with Crippen LogP contribution in [0.1, 0.15) is 25.0 Å². The summed E-state index contributed by atoms with van der Waals surface area (Å²) in [5, 5.41) is 11.4. The van der Waals surface area contributed by atoms with E-state index in [9.17, 15) is 4.21 Å². The van der Waals surface area contributed by atoms with Gasteiger partial charge in [-0.15, -0.1) is 0 Å². The van der Waals surface area contributed by atoms with Crippen molar-refractivity contribution in [1.82, 2.24) is 25.1 Å². The van der Waals surface area contributed by atoms with Gasteiger partial charge in [-0.05, 0) is 45.3 Å². The normalized spacial score (nSPS) is 17.3. The van der Waals surface area contributed by atoms with Crippen molar-refractivity contribution in [2.75, 3.05) is 68.2 Å². The Hall–Kier alpha value is -2.92. The van der Waals surface area contributed by atoms with Crippen LogP contribution in [0.3, 0.4) is 0 Å². The van der Waals surface area contributed by atoms with Gasteiger partial charge in [0.15, 0.2) is 17.3 Å². The predicted molar refractivity (Wildman–Crippen MR) is 139 cm³/mol. The highest BCUT2D eigenvalue weighted by Gasteiger charge is 2.21. The Labute approximate surface area is 207 Å². The van der Waals surface area contributed by atoms with Gasteiger partial charge in [0.1, 0.15) is 5.82 Å². The van der Waals surface area contributed by atoms with E-state index in [2.05, 4.69) is 25.3 Å². The molecule has 2 aromatic heterocycles. The number of ether oxygens (including phenoxy) is 2. The fraction of sp³-hybridized carbons (Fsp3) is 0.542. The average Bonchev–Trinajstić information content (AvgIpc) is 3.53. The second-order valence-electron chi connectivity index (χ2n) is 9.04. The van der Waals surface area contributed by atoms with E-state index in [1.807, 2.05) is 25.1 Å². The summed E-state index contributed by atoms with van der Waals surface area (Å²) in [5.41, 5.74) is 1.71. The van der Waals surface area contributed by atoms with Crippen LogP contribution in [0.4, 0.5) is 17.6 Å². The Kier molecular flexibility index (Phi) is 7.33. The molecule has 2 fully saturated rings. The number of hydrogen-bond donors (Lipinski definition) is 2. The molecule has 4 heterocycles. The third-order valence-corrected chi connectivity index (χ3v) is 7.73. The number of hydrogen-bond acceptors (Lipinski definition) is 9. The van der Waals surface area contributed by atoms with Crippen LogP contribution in [0.5, 0.6) is 11.5 Å². The number of benzene rings is 1. The van der Waals surface area contributed by atoms with Crippen molar-refractivity contribution in [3.05, 3.63) is 23.9 Å². The van der Waals surface area contributed by atoms with Crippen molar-refractivity contribution in [1.29, 1.82) is 0 Å². The molecule has 0 aliphatic carbocycles. The van der Waals surface area contributed by atoms with E-state index in [0.29, 0.717) is 60.3 Å². The Bertz CT molecular complexity index is 1190. The van der Waals surface area contributed by atoms with Gasteiger partial charge in [0.2, 0.25) is 5.95 Å². The van der Waals surface area contributed by atoms with E-state index >= 15 is 0 Å². The SMILES string of the molecule is COc1cc2c(Nc3cc(C)[nH]n3)nc(N3CCS(=O)CC3)nc2cc1OCCCN1CCCC1. The minimum atomic E-state index is -0.777. The lowest BCUT2D eigenvalue weighted by Gasteiger charge is -2.27. The number of aromatic amines is 1. The predicted octanol–water partition coefficient (Wildman–Crippen LogP) is 2.85. The summed E-state index contributed by atoms with van der Waals surface area (Å²) in [6, 6.07) is 5.77. The second kappa shape index (κ2) is 10.8. The minimum absolute atomic E-state index is 0.606. The summed E-state index contributed by atoms with van der Waals surface area (Å²) in [7, 11) is 0.867. The monoisotopic (exact) mass is 499 g/mol. The van der Waals surface area contributed by atoms with Crippen LogP contribution in [0.2, 0.25) is 0 Å². The highest BCUT2D eigenvalue weighted by atomic mass is 32.2. The first kappa shape index (κ1) is 23.8. The topological polar surface area (TPSA) is 108 Å². The van der Waals surface area contributed by atoms with Gasteiger partial charge >= 0.3 is 0 Å². The minimum Gasteiger partial charge on any atom is -0.493 e. The van der Waals surface area contributed by atoms with E-state index in [4.69, 9.17) is 19.4 Å². The molecule has 0 atom stereocenters. The molecule has 0 radical (unpaired) electrons. The first-order chi connectivity index (χ1) is 17.1. The molecule has 2 N–H and O–H groups in total. The highest BCUT2D eigenvalue weighted by Crippen LogP contribution is 2.36. The molecule has 0 amide bonds. The molecule has 10 nitrogen and oxygen atoms in total. The smallest absolute Gasteiger partial charge is 0.227 e. The molecule has 0 bridgehead atoms. The van der Waals surface area contributed by atoms with Crippen LogP contribution < -0.4 is 19.7 Å². The number of H-pyrrole nitrogens is 1. The first-order valence-corrected chi connectivity index (χ1v) is 13.7. The molecule has 2 aliphatic rings. The van der Waals surface area contributed by atoms with Gasteiger partial charge in [-0.3, -0.25) is 9.31 Å². The zero-order valence-corrected chi connectivity index (χ0v) is 21.2. The Morgan fingerprint density at radius 2 is 1.89 bits per heavy atom. The summed E-state index contributed by atoms with van der Waals surface area (Å²) in [4.78, 5) is 14.3. The molecule has 2 aliphatic heterocycles. The number of likely N-dealkylation sites (tertiary alicyclic amines) is 1. The van der Waals surface area contributed by atoms with E-state index in [1.54, 1.807) is 7.11 Å². The van der Waals surface area contributed by atoms with Gasteiger partial charge in [-0.25, -0.2) is 4.98 Å². The Balaban J connectivity index is 1.44. The molecule has 188 valence electrons. The Morgan fingerprint density at radius 1 is 1.09 bits per heavy atom. The van der Waals surface area contributed by atoms with Crippen LogP contribution in [0.15, 0.2) is 18.2 Å². The van der Waals surface area contributed by atoms with Crippen molar-refractivity contribution in [3.63, 3.8) is 0 Å². The molecule has 0 spiro atoms. The largest absolute Gasteiger partial charge is 0.493 e. The number of anilines is 3. The lowest BCUT2D eigenvalue weighted by molar-refractivity contribution is 0.254. The summed E-state index contributed by atoms with van der Waals surface area (Å²) >= 11 is 0. The third kappa shape index (κ3) is 5.67. The molecule has 11 heteroatoms. The van der Waals surface area contributed by atoms with Crippen molar-refractivity contribution in [2.24, 2.45) is 0 Å². The maximum atomic E-state index is 11.9. The van der Waals surface area contributed by atoms with E-state index < -0.39 is 10.8 Å². The molecule has 5 rings (SSSR count). The number of methoxy groups -OCH3 is 1. The fourth-order valence-corrected chi connectivity index (χ4v) is 5.60. The first-order valence-electron chi connectivity index (χ1n) is 12.2. The number of nitrogens with one attached hydrogen (secondary N) is 2. The zero-order valence-electron chi connectivity index (χ0n) is 20.4. The van der Waals surface area contributed by atoms with Crippen LogP contribution >= 0.6 is 0 Å². The standard InChI is InChI=1S/C24H33N7O3S/c1-17-14-22(29-28-17)26-23-18-15-20(33-2)21(34-11-5-8-30-6-3-4-7-30)16-19(18)25-24(27-23)31-9-12-35(32)13-10-31/h14-16H,3-13H2,1-2H3,(H2,25,26,27,28,29). The molecule has 35 heavy (non-hydrogen) atoms. The molecule has 2 saturated heterocycles. The lowest BCUT2D eigenvalue weighted by Crippen LogP contribution is -2.38. The molecule has 3 aromatic rings. The van der Waals surface area contributed by atoms with Crippen molar-refractivity contribution < 1.29 is 13.7 Å². The number of fused-ring (bicyclic) bond motifs is 1. The van der Waals surface area contributed by atoms with Crippen LogP contribution in [0.25, 0.3) is 10.9 Å². The summed E-state index contributed by atoms with van der Waals surface area (Å²) in [5.74, 6) is 4.48. The lowest BCUT2D eigenvalue weighted by atomic mass is 10.2. The van der Waals surface area contributed by atoms with E-state index in [1.165, 1.54) is 25.9 Å². The summed E-state index contributed by atoms with van der Waals surface area (Å²) < 4.78 is 23.7. The summed E-state index contributed by atoms with van der Waals surface area (Å²) in [6.45, 7) is 7.32. The molecule has 0 saturated carbocycles. The van der Waals surface area contributed by atoms with Gasteiger partial charge in [-0.2, -0.15) is 10.1 Å². The number of aryl methyl sites for hydroxylation is 1. The van der Waals surface area contributed by atoms with Gasteiger partial charge in [0.25, 0.3) is 0 Å². The molecule has 1 aromatic carbocycles. The van der Waals surface area contributed by atoms with E-state index in [0.717, 1.165) is 29.6 Å². The fourth-order valence-electron chi connectivity index (χ4n) is 4.55. The third-order valence-electron chi connectivity index (χ3n) is 6.46. The quantitative estimate of drug-likeness (QED) is 0.430. The van der Waals surface area contributed by atoms with E-state index in [-0.39, 0.29) is 0 Å². The average molecular weight is 500 g/mol. The number of rotatable bonds is 9. The molecular weight excluding hydrogens is 466 g/mol. The zero-order chi connectivity index (χ0) is 24.2. The number of aromatic nitrogens is 4. The molecular formula is C24H33N7O3S. The van der Waals surface area contributed by atoms with Crippen LogP contribution in [-0.2, 0) is 10.8 Å². The molecule has 0 unspecified atom stereocenters. The van der Waals surface area contributed by atoms with Gasteiger partial charge in [0, 0.05) is 65.2 Å². The number of nitrogens with zero attached hydrogens (tertiary/aromatic N) is 5. The van der Waals surface area contributed by atoms with Crippen LogP contribution in [0, 0.1) is 6.92 Å². The van der Waals surface area contributed by atoms with Crippen molar-refractivity contribution in [3.8, 4) is 11.5 Å². The summed E-state index contributed by atoms with van der Waals surface area (Å²) in [6.07, 6.45) is 3.55. The second-order valence-corrected chi connectivity index (χ2v) is 10.7. The maximum absolute atomic E-state index is 11.9. The van der Waals surface area contributed by atoms with Gasteiger partial charge in [0.05, 0.1) is 19.2 Å². The highest BCUT2D eigenvalue weighted by molar-refractivity contribution is 7.85. The van der Waals surface area contributed by atoms with Gasteiger partial charge in [-0.1, -0.05) is 0 Å². The Morgan fingerprint density at radius 3 is 2.60 bits per heavy atom. The van der Waals surface area contributed by atoms with Crippen LogP contribution in [-0.4, -0.2) is 87.2 Å².